The van der Waals surface area contributed by atoms with Crippen molar-refractivity contribution in [3.05, 3.63) is 48.0 Å². The van der Waals surface area contributed by atoms with E-state index in [1.54, 1.807) is 0 Å². The van der Waals surface area contributed by atoms with Gasteiger partial charge in [0.15, 0.2) is 0 Å². The second-order valence-electron chi connectivity index (χ2n) is 6.27. The average molecular weight is 350 g/mol. The number of hydrogen-bond donors (Lipinski definition) is 1. The minimum absolute atomic E-state index is 0. The van der Waals surface area contributed by atoms with Gasteiger partial charge in [0.2, 0.25) is 0 Å². The number of rotatable bonds is 6. The molecule has 0 aliphatic carbocycles. The predicted octanol–water partition coefficient (Wildman–Crippen LogP) is 2.86. The van der Waals surface area contributed by atoms with Crippen molar-refractivity contribution in [2.75, 3.05) is 13.1 Å². The zero-order valence-electron chi connectivity index (χ0n) is 14.4. The number of hydrogen-bond acceptors (Lipinski definition) is 4. The minimum Gasteiger partial charge on any atom is -0.317 e. The Hall–Kier alpha value is -1.43. The van der Waals surface area contributed by atoms with Gasteiger partial charge in [-0.3, -0.25) is 14.6 Å². The molecule has 1 aliphatic heterocycles. The highest BCUT2D eigenvalue weighted by Gasteiger charge is 2.21. The normalized spacial score (nSPS) is 18.2. The van der Waals surface area contributed by atoms with E-state index in [0.717, 1.165) is 38.4 Å². The molecule has 3 heterocycles. The number of halogens is 1. The van der Waals surface area contributed by atoms with Crippen LogP contribution in [-0.4, -0.2) is 38.8 Å². The van der Waals surface area contributed by atoms with Crippen molar-refractivity contribution in [1.82, 2.24) is 25.0 Å². The smallest absolute Gasteiger partial charge is 0.0544 e. The monoisotopic (exact) mass is 349 g/mol. The third kappa shape index (κ3) is 5.30. The van der Waals surface area contributed by atoms with Gasteiger partial charge in [-0.1, -0.05) is 6.07 Å². The van der Waals surface area contributed by atoms with Crippen LogP contribution in [0.2, 0.25) is 0 Å². The Morgan fingerprint density at radius 3 is 2.92 bits per heavy atom. The predicted molar refractivity (Wildman–Crippen MR) is 99.1 cm³/mol. The van der Waals surface area contributed by atoms with Crippen LogP contribution in [0.15, 0.2) is 36.8 Å². The standard InChI is InChI=1S/C18H27N5.ClH/c1-2-23-14-16(12-21-23)13-22(15-17-6-3-4-10-20-17)18-7-5-9-19-11-8-18;/h3-4,6,10,12,14,18-19H,2,5,7-9,11,13,15H2,1H3;1H. The molecule has 3 rings (SSSR count). The molecule has 1 fully saturated rings. The van der Waals surface area contributed by atoms with Crippen LogP contribution >= 0.6 is 12.4 Å². The van der Waals surface area contributed by atoms with Crippen molar-refractivity contribution >= 4 is 12.4 Å². The molecule has 0 amide bonds. The summed E-state index contributed by atoms with van der Waals surface area (Å²) in [6, 6.07) is 6.79. The van der Waals surface area contributed by atoms with Gasteiger partial charge in [-0.25, -0.2) is 0 Å². The Labute approximate surface area is 150 Å². The zero-order valence-corrected chi connectivity index (χ0v) is 15.2. The molecule has 2 aromatic heterocycles. The molecule has 24 heavy (non-hydrogen) atoms. The van der Waals surface area contributed by atoms with E-state index in [1.807, 2.05) is 23.1 Å². The van der Waals surface area contributed by atoms with E-state index in [4.69, 9.17) is 0 Å². The molecular weight excluding hydrogens is 322 g/mol. The lowest BCUT2D eigenvalue weighted by Crippen LogP contribution is -2.35. The van der Waals surface area contributed by atoms with Crippen LogP contribution in [0.3, 0.4) is 0 Å². The maximum atomic E-state index is 4.52. The summed E-state index contributed by atoms with van der Waals surface area (Å²) in [6.45, 7) is 7.15. The number of nitrogens with one attached hydrogen (secondary N) is 1. The summed E-state index contributed by atoms with van der Waals surface area (Å²) < 4.78 is 2.00. The van der Waals surface area contributed by atoms with Crippen LogP contribution < -0.4 is 5.32 Å². The molecule has 1 saturated heterocycles. The van der Waals surface area contributed by atoms with E-state index in [-0.39, 0.29) is 12.4 Å². The lowest BCUT2D eigenvalue weighted by molar-refractivity contribution is 0.162. The fourth-order valence-corrected chi connectivity index (χ4v) is 3.28. The van der Waals surface area contributed by atoms with Crippen molar-refractivity contribution in [2.24, 2.45) is 0 Å². The third-order valence-electron chi connectivity index (χ3n) is 4.55. The van der Waals surface area contributed by atoms with Gasteiger partial charge in [-0.2, -0.15) is 5.10 Å². The first-order valence-electron chi connectivity index (χ1n) is 8.71. The SMILES string of the molecule is CCn1cc(CN(Cc2ccccn2)C2CCCNCC2)cn1.Cl. The molecular formula is C18H28ClN5. The average Bonchev–Trinajstić information content (AvgIpc) is 2.87. The van der Waals surface area contributed by atoms with E-state index in [0.29, 0.717) is 6.04 Å². The summed E-state index contributed by atoms with van der Waals surface area (Å²) in [5, 5.41) is 7.93. The number of aryl methyl sites for hydroxylation is 1. The van der Waals surface area contributed by atoms with Gasteiger partial charge in [0.25, 0.3) is 0 Å². The first-order valence-corrected chi connectivity index (χ1v) is 8.71. The molecule has 0 saturated carbocycles. The van der Waals surface area contributed by atoms with Gasteiger partial charge in [0, 0.05) is 43.6 Å². The van der Waals surface area contributed by atoms with Gasteiger partial charge >= 0.3 is 0 Å². The fraction of sp³-hybridized carbons (Fsp3) is 0.556. The van der Waals surface area contributed by atoms with Gasteiger partial charge < -0.3 is 5.32 Å². The fourth-order valence-electron chi connectivity index (χ4n) is 3.28. The Morgan fingerprint density at radius 1 is 1.25 bits per heavy atom. The van der Waals surface area contributed by atoms with Crippen molar-refractivity contribution in [1.29, 1.82) is 0 Å². The van der Waals surface area contributed by atoms with E-state index < -0.39 is 0 Å². The lowest BCUT2D eigenvalue weighted by atomic mass is 10.1. The molecule has 0 radical (unpaired) electrons. The van der Waals surface area contributed by atoms with Gasteiger partial charge in [-0.15, -0.1) is 12.4 Å². The summed E-state index contributed by atoms with van der Waals surface area (Å²) in [5.74, 6) is 0. The van der Waals surface area contributed by atoms with Crippen LogP contribution in [0.25, 0.3) is 0 Å². The summed E-state index contributed by atoms with van der Waals surface area (Å²) in [5.41, 5.74) is 2.44. The lowest BCUT2D eigenvalue weighted by Gasteiger charge is -2.30. The summed E-state index contributed by atoms with van der Waals surface area (Å²) >= 11 is 0. The second-order valence-corrected chi connectivity index (χ2v) is 6.27. The van der Waals surface area contributed by atoms with Gasteiger partial charge in [0.05, 0.1) is 11.9 Å². The Bertz CT molecular complexity index is 578. The number of pyridine rings is 1. The van der Waals surface area contributed by atoms with Crippen molar-refractivity contribution in [3.8, 4) is 0 Å². The van der Waals surface area contributed by atoms with Gasteiger partial charge in [0.1, 0.15) is 0 Å². The summed E-state index contributed by atoms with van der Waals surface area (Å²) in [7, 11) is 0. The van der Waals surface area contributed by atoms with Crippen molar-refractivity contribution < 1.29 is 0 Å². The van der Waals surface area contributed by atoms with E-state index in [2.05, 4.69) is 45.6 Å². The van der Waals surface area contributed by atoms with Crippen molar-refractivity contribution in [3.63, 3.8) is 0 Å². The molecule has 1 atom stereocenters. The minimum atomic E-state index is 0. The maximum Gasteiger partial charge on any atom is 0.0544 e. The topological polar surface area (TPSA) is 46.0 Å². The molecule has 0 aromatic carbocycles. The molecule has 1 unspecified atom stereocenters. The summed E-state index contributed by atoms with van der Waals surface area (Å²) in [6.07, 6.45) is 9.76. The zero-order chi connectivity index (χ0) is 15.9. The van der Waals surface area contributed by atoms with E-state index in [9.17, 15) is 0 Å². The van der Waals surface area contributed by atoms with Crippen LogP contribution in [0.4, 0.5) is 0 Å². The number of nitrogens with zero attached hydrogens (tertiary/aromatic N) is 4. The van der Waals surface area contributed by atoms with Gasteiger partial charge in [-0.05, 0) is 51.4 Å². The summed E-state index contributed by atoms with van der Waals surface area (Å²) in [4.78, 5) is 7.10. The highest BCUT2D eigenvalue weighted by Crippen LogP contribution is 2.19. The molecule has 0 bridgehead atoms. The maximum absolute atomic E-state index is 4.52. The highest BCUT2D eigenvalue weighted by atomic mass is 35.5. The van der Waals surface area contributed by atoms with E-state index >= 15 is 0 Å². The third-order valence-corrected chi connectivity index (χ3v) is 4.55. The first kappa shape index (κ1) is 18.9. The largest absolute Gasteiger partial charge is 0.317 e. The molecule has 1 N–H and O–H groups in total. The molecule has 5 nitrogen and oxygen atoms in total. The van der Waals surface area contributed by atoms with E-state index in [1.165, 1.54) is 24.8 Å². The quantitative estimate of drug-likeness (QED) is 0.871. The van der Waals surface area contributed by atoms with Crippen LogP contribution in [-0.2, 0) is 19.6 Å². The van der Waals surface area contributed by atoms with Crippen molar-refractivity contribution in [2.45, 2.75) is 51.9 Å². The van der Waals surface area contributed by atoms with Crippen LogP contribution in [0, 0.1) is 0 Å². The molecule has 1 aliphatic rings. The molecule has 0 spiro atoms. The highest BCUT2D eigenvalue weighted by molar-refractivity contribution is 5.85. The Balaban J connectivity index is 0.00000208. The number of aromatic nitrogens is 3. The Morgan fingerprint density at radius 2 is 2.17 bits per heavy atom. The second kappa shape index (κ2) is 9.77. The van der Waals surface area contributed by atoms with Crippen LogP contribution in [0.5, 0.6) is 0 Å². The van der Waals surface area contributed by atoms with Crippen LogP contribution in [0.1, 0.15) is 37.4 Å². The molecule has 6 heteroatoms. The first-order chi connectivity index (χ1) is 11.3. The Kier molecular flexibility index (Phi) is 7.69. The molecule has 132 valence electrons. The molecule has 2 aromatic rings.